The van der Waals surface area contributed by atoms with E-state index in [0.29, 0.717) is 17.1 Å². The maximum atomic E-state index is 13.4. The fourth-order valence-electron chi connectivity index (χ4n) is 2.18. The summed E-state index contributed by atoms with van der Waals surface area (Å²) in [6.07, 6.45) is 0.482. The predicted octanol–water partition coefficient (Wildman–Crippen LogP) is 3.46. The number of carbonyl (C=O) groups is 2. The maximum absolute atomic E-state index is 13.4. The molecule has 2 rings (SSSR count). The smallest absolute Gasteiger partial charge is 0.347 e. The molecule has 0 fully saturated rings. The van der Waals surface area contributed by atoms with Crippen molar-refractivity contribution >= 4 is 23.2 Å². The van der Waals surface area contributed by atoms with Crippen molar-refractivity contribution in [1.82, 2.24) is 10.3 Å². The van der Waals surface area contributed by atoms with Gasteiger partial charge in [0.05, 0.1) is 18.3 Å². The largest absolute Gasteiger partial charge is 0.491 e. The Bertz CT molecular complexity index is 810. The molecule has 140 valence electrons. The summed E-state index contributed by atoms with van der Waals surface area (Å²) in [6, 6.07) is 2.59. The molecule has 1 atom stereocenters. The van der Waals surface area contributed by atoms with Crippen LogP contribution in [0.2, 0.25) is 0 Å². The quantitative estimate of drug-likeness (QED) is 0.681. The average molecular weight is 384 g/mol. The van der Waals surface area contributed by atoms with Crippen LogP contribution in [0.15, 0.2) is 18.2 Å². The minimum Gasteiger partial charge on any atom is -0.491 e. The SMILES string of the molecule is Cc1nc(C(C)NC(=O)CCCOc2ccc(F)cc2F)sc1C(=O)O. The summed E-state index contributed by atoms with van der Waals surface area (Å²) in [7, 11) is 0. The Balaban J connectivity index is 1.77. The first-order valence-corrected chi connectivity index (χ1v) is 8.67. The lowest BCUT2D eigenvalue weighted by atomic mass is 10.2. The molecular weight excluding hydrogens is 366 g/mol. The Labute approximate surface area is 152 Å². The van der Waals surface area contributed by atoms with Gasteiger partial charge in [-0.1, -0.05) is 0 Å². The molecular formula is C17H18F2N2O4S. The normalized spacial score (nSPS) is 11.8. The number of halogens is 2. The highest BCUT2D eigenvalue weighted by molar-refractivity contribution is 7.13. The number of nitrogens with zero attached hydrogens (tertiary/aromatic N) is 1. The van der Waals surface area contributed by atoms with Crippen LogP contribution >= 0.6 is 11.3 Å². The molecule has 0 aliphatic carbocycles. The van der Waals surface area contributed by atoms with Crippen molar-refractivity contribution in [1.29, 1.82) is 0 Å². The van der Waals surface area contributed by atoms with Crippen molar-refractivity contribution in [2.75, 3.05) is 6.61 Å². The number of thiazole rings is 1. The molecule has 0 aliphatic heterocycles. The molecule has 0 bridgehead atoms. The lowest BCUT2D eigenvalue weighted by Gasteiger charge is -2.11. The molecule has 1 aromatic heterocycles. The second-order valence-electron chi connectivity index (χ2n) is 5.59. The summed E-state index contributed by atoms with van der Waals surface area (Å²) < 4.78 is 31.4. The van der Waals surface area contributed by atoms with Crippen molar-refractivity contribution < 1.29 is 28.2 Å². The van der Waals surface area contributed by atoms with Crippen LogP contribution in [0, 0.1) is 18.6 Å². The first kappa shape index (κ1) is 19.8. The monoisotopic (exact) mass is 384 g/mol. The van der Waals surface area contributed by atoms with Crippen molar-refractivity contribution in [3.8, 4) is 5.75 Å². The van der Waals surface area contributed by atoms with Crippen molar-refractivity contribution in [3.63, 3.8) is 0 Å². The highest BCUT2D eigenvalue weighted by atomic mass is 32.1. The minimum atomic E-state index is -1.05. The number of amides is 1. The summed E-state index contributed by atoms with van der Waals surface area (Å²) in [5.41, 5.74) is 0.410. The van der Waals surface area contributed by atoms with Gasteiger partial charge in [0.25, 0.3) is 0 Å². The molecule has 0 saturated heterocycles. The zero-order chi connectivity index (χ0) is 19.3. The Morgan fingerprint density at radius 3 is 2.73 bits per heavy atom. The number of aromatic carboxylic acids is 1. The summed E-state index contributed by atoms with van der Waals surface area (Å²) in [6.45, 7) is 3.42. The van der Waals surface area contributed by atoms with Gasteiger partial charge in [0.15, 0.2) is 11.6 Å². The van der Waals surface area contributed by atoms with Crippen LogP contribution in [0.25, 0.3) is 0 Å². The van der Waals surface area contributed by atoms with Gasteiger partial charge in [0.2, 0.25) is 5.91 Å². The number of ether oxygens (including phenoxy) is 1. The van der Waals surface area contributed by atoms with E-state index in [4.69, 9.17) is 9.84 Å². The topological polar surface area (TPSA) is 88.5 Å². The maximum Gasteiger partial charge on any atom is 0.347 e. The molecule has 2 N–H and O–H groups in total. The number of carboxylic acids is 1. The van der Waals surface area contributed by atoms with Crippen LogP contribution in [0.5, 0.6) is 5.75 Å². The number of aryl methyl sites for hydroxylation is 1. The van der Waals surface area contributed by atoms with Gasteiger partial charge in [0.1, 0.15) is 15.7 Å². The Morgan fingerprint density at radius 1 is 1.38 bits per heavy atom. The highest BCUT2D eigenvalue weighted by Gasteiger charge is 2.19. The molecule has 1 unspecified atom stereocenters. The third kappa shape index (κ3) is 5.22. The van der Waals surface area contributed by atoms with Crippen LogP contribution in [0.4, 0.5) is 8.78 Å². The zero-order valence-electron chi connectivity index (χ0n) is 14.2. The predicted molar refractivity (Wildman–Crippen MR) is 91.5 cm³/mol. The summed E-state index contributed by atoms with van der Waals surface area (Å²) in [5.74, 6) is -2.86. The number of benzene rings is 1. The molecule has 26 heavy (non-hydrogen) atoms. The van der Waals surface area contributed by atoms with Gasteiger partial charge in [0, 0.05) is 12.5 Å². The summed E-state index contributed by atoms with van der Waals surface area (Å²) >= 11 is 1.02. The van der Waals surface area contributed by atoms with E-state index >= 15 is 0 Å². The molecule has 1 aromatic carbocycles. The number of carboxylic acid groups (broad SMARTS) is 1. The van der Waals surface area contributed by atoms with Gasteiger partial charge in [-0.05, 0) is 32.4 Å². The van der Waals surface area contributed by atoms with Gasteiger partial charge >= 0.3 is 5.97 Å². The van der Waals surface area contributed by atoms with Crippen molar-refractivity contribution in [2.45, 2.75) is 32.7 Å². The number of rotatable bonds is 8. The number of hydrogen-bond donors (Lipinski definition) is 2. The lowest BCUT2D eigenvalue weighted by Crippen LogP contribution is -2.26. The third-order valence-corrected chi connectivity index (χ3v) is 4.78. The zero-order valence-corrected chi connectivity index (χ0v) is 15.0. The summed E-state index contributed by atoms with van der Waals surface area (Å²) in [4.78, 5) is 27.3. The first-order chi connectivity index (χ1) is 12.3. The van der Waals surface area contributed by atoms with Gasteiger partial charge in [-0.25, -0.2) is 18.6 Å². The molecule has 0 spiro atoms. The van der Waals surface area contributed by atoms with Crippen molar-refractivity contribution in [3.05, 3.63) is 45.4 Å². The standard InChI is InChI=1S/C17H18F2N2O4S/c1-9-15(17(23)24)26-16(21-9)10(2)20-14(22)4-3-7-25-13-6-5-11(18)8-12(13)19/h5-6,8,10H,3-4,7H2,1-2H3,(H,20,22)(H,23,24). The van der Waals surface area contributed by atoms with Crippen LogP contribution in [-0.2, 0) is 4.79 Å². The van der Waals surface area contributed by atoms with Crippen molar-refractivity contribution in [2.24, 2.45) is 0 Å². The number of nitrogens with one attached hydrogen (secondary N) is 1. The molecule has 1 heterocycles. The molecule has 0 saturated carbocycles. The van der Waals surface area contributed by atoms with E-state index in [1.807, 2.05) is 0 Å². The lowest BCUT2D eigenvalue weighted by molar-refractivity contribution is -0.121. The average Bonchev–Trinajstić information content (AvgIpc) is 2.95. The third-order valence-electron chi connectivity index (χ3n) is 3.45. The Hall–Kier alpha value is -2.55. The summed E-state index contributed by atoms with van der Waals surface area (Å²) in [5, 5.41) is 12.3. The van der Waals surface area contributed by atoms with E-state index in [1.54, 1.807) is 13.8 Å². The molecule has 9 heteroatoms. The van der Waals surface area contributed by atoms with Crippen LogP contribution in [0.1, 0.15) is 46.2 Å². The van der Waals surface area contributed by atoms with E-state index < -0.39 is 23.6 Å². The van der Waals surface area contributed by atoms with Crippen LogP contribution in [0.3, 0.4) is 0 Å². The Kier molecular flexibility index (Phi) is 6.62. The number of carbonyl (C=O) groups excluding carboxylic acids is 1. The van der Waals surface area contributed by atoms with Gasteiger partial charge in [-0.2, -0.15) is 0 Å². The molecule has 6 nitrogen and oxygen atoms in total. The second kappa shape index (κ2) is 8.70. The van der Waals surface area contributed by atoms with E-state index in [0.717, 1.165) is 23.5 Å². The molecule has 2 aromatic rings. The van der Waals surface area contributed by atoms with Crippen LogP contribution in [-0.4, -0.2) is 28.6 Å². The second-order valence-corrected chi connectivity index (χ2v) is 6.62. The van der Waals surface area contributed by atoms with E-state index in [-0.39, 0.29) is 29.6 Å². The van der Waals surface area contributed by atoms with E-state index in [1.165, 1.54) is 6.07 Å². The van der Waals surface area contributed by atoms with Crippen LogP contribution < -0.4 is 10.1 Å². The minimum absolute atomic E-state index is 0.0698. The number of hydrogen-bond acceptors (Lipinski definition) is 5. The highest BCUT2D eigenvalue weighted by Crippen LogP contribution is 2.23. The van der Waals surface area contributed by atoms with Gasteiger partial charge < -0.3 is 15.2 Å². The van der Waals surface area contributed by atoms with Gasteiger partial charge in [-0.15, -0.1) is 11.3 Å². The molecule has 1 amide bonds. The fourth-order valence-corrected chi connectivity index (χ4v) is 3.09. The first-order valence-electron chi connectivity index (χ1n) is 7.85. The molecule has 0 radical (unpaired) electrons. The van der Waals surface area contributed by atoms with E-state index in [9.17, 15) is 18.4 Å². The number of aromatic nitrogens is 1. The molecule has 0 aliphatic rings. The van der Waals surface area contributed by atoms with E-state index in [2.05, 4.69) is 10.3 Å². The fraction of sp³-hybridized carbons (Fsp3) is 0.353. The van der Waals surface area contributed by atoms with Gasteiger partial charge in [-0.3, -0.25) is 4.79 Å². The Morgan fingerprint density at radius 2 is 2.12 bits per heavy atom.